The van der Waals surface area contributed by atoms with E-state index in [0.717, 1.165) is 19.6 Å². The molecule has 0 heterocycles. The van der Waals surface area contributed by atoms with Crippen molar-refractivity contribution in [2.45, 2.75) is 20.3 Å². The molecule has 2 nitrogen and oxygen atoms in total. The van der Waals surface area contributed by atoms with Gasteiger partial charge >= 0.3 is 0 Å². The molecule has 1 aromatic rings. The summed E-state index contributed by atoms with van der Waals surface area (Å²) in [6.07, 6.45) is 1.11. The topological polar surface area (TPSA) is 24.1 Å². The predicted molar refractivity (Wildman–Crippen MR) is 61.5 cm³/mol. The van der Waals surface area contributed by atoms with Gasteiger partial charge in [0.2, 0.25) is 0 Å². The molecule has 0 bridgehead atoms. The molecule has 78 valence electrons. The van der Waals surface area contributed by atoms with Crippen molar-refractivity contribution in [1.82, 2.24) is 10.6 Å². The quantitative estimate of drug-likeness (QED) is 0.547. The lowest BCUT2D eigenvalue weighted by molar-refractivity contribution is 0.630. The Kier molecular flexibility index (Phi) is 4.63. The first-order valence-electron chi connectivity index (χ1n) is 5.15. The molecule has 2 N–H and O–H groups in total. The summed E-state index contributed by atoms with van der Waals surface area (Å²) in [6, 6.07) is 6.64. The second kappa shape index (κ2) is 5.78. The minimum Gasteiger partial charge on any atom is -0.308 e. The summed E-state index contributed by atoms with van der Waals surface area (Å²) in [5.41, 5.74) is 4.19. The van der Waals surface area contributed by atoms with Crippen LogP contribution in [0.25, 0.3) is 0 Å². The van der Waals surface area contributed by atoms with E-state index in [4.69, 9.17) is 0 Å². The number of hydrogen-bond acceptors (Lipinski definition) is 2. The van der Waals surface area contributed by atoms with Crippen LogP contribution in [0.15, 0.2) is 18.2 Å². The van der Waals surface area contributed by atoms with Crippen LogP contribution in [-0.4, -0.2) is 20.3 Å². The molecule has 0 aliphatic carbocycles. The largest absolute Gasteiger partial charge is 0.308 e. The fourth-order valence-corrected chi connectivity index (χ4v) is 1.51. The fourth-order valence-electron chi connectivity index (χ4n) is 1.51. The number of hydrogen-bond donors (Lipinski definition) is 2. The Morgan fingerprint density at radius 2 is 2.00 bits per heavy atom. The van der Waals surface area contributed by atoms with Crippen molar-refractivity contribution >= 4 is 0 Å². The molecule has 0 aliphatic rings. The van der Waals surface area contributed by atoms with E-state index in [2.05, 4.69) is 42.7 Å². The van der Waals surface area contributed by atoms with Gasteiger partial charge in [0.05, 0.1) is 0 Å². The molecule has 2 heteroatoms. The second-order valence-electron chi connectivity index (χ2n) is 3.71. The van der Waals surface area contributed by atoms with E-state index in [-0.39, 0.29) is 0 Å². The molecule has 0 aromatic heterocycles. The molecule has 0 amide bonds. The minimum atomic E-state index is 0.880. The van der Waals surface area contributed by atoms with Crippen LogP contribution in [0.1, 0.15) is 16.7 Å². The Balaban J connectivity index is 2.45. The molecule has 0 radical (unpaired) electrons. The molecule has 1 aromatic carbocycles. The Hall–Kier alpha value is -0.860. The van der Waals surface area contributed by atoms with Crippen molar-refractivity contribution in [3.63, 3.8) is 0 Å². The molecule has 0 atom stereocenters. The monoisotopic (exact) mass is 192 g/mol. The summed E-state index contributed by atoms with van der Waals surface area (Å²) in [5, 5.41) is 6.39. The first kappa shape index (κ1) is 11.2. The molecule has 0 aliphatic heterocycles. The van der Waals surface area contributed by atoms with Crippen LogP contribution >= 0.6 is 0 Å². The van der Waals surface area contributed by atoms with E-state index >= 15 is 0 Å². The van der Waals surface area contributed by atoms with Crippen LogP contribution in [0.4, 0.5) is 0 Å². The van der Waals surface area contributed by atoms with Gasteiger partial charge in [0.15, 0.2) is 0 Å². The lowest BCUT2D eigenvalue weighted by atomic mass is 10.0. The van der Waals surface area contributed by atoms with E-state index in [1.54, 1.807) is 0 Å². The number of aryl methyl sites for hydroxylation is 2. The second-order valence-corrected chi connectivity index (χ2v) is 3.71. The zero-order valence-electron chi connectivity index (χ0n) is 9.35. The maximum atomic E-state index is 3.32. The predicted octanol–water partition coefficient (Wildman–Crippen LogP) is 1.61. The molecule has 0 saturated carbocycles. The lowest BCUT2D eigenvalue weighted by Gasteiger charge is -2.07. The van der Waals surface area contributed by atoms with Crippen molar-refractivity contribution in [2.24, 2.45) is 0 Å². The third-order valence-electron chi connectivity index (χ3n) is 2.38. The van der Waals surface area contributed by atoms with Gasteiger partial charge in [-0.1, -0.05) is 23.8 Å². The van der Waals surface area contributed by atoms with Crippen LogP contribution in [0.3, 0.4) is 0 Å². The Bertz CT molecular complexity index is 282. The standard InChI is InChI=1S/C12H20N2/c1-10-4-5-11(2)12(8-10)6-7-14-9-13-3/h4-5,8,13-14H,6-7,9H2,1-3H3. The van der Waals surface area contributed by atoms with Gasteiger partial charge in [-0.3, -0.25) is 0 Å². The summed E-state index contributed by atoms with van der Waals surface area (Å²) in [6.45, 7) is 6.23. The smallest absolute Gasteiger partial charge is 0.0451 e. The first-order valence-corrected chi connectivity index (χ1v) is 5.15. The molecular weight excluding hydrogens is 172 g/mol. The van der Waals surface area contributed by atoms with Gasteiger partial charge in [-0.15, -0.1) is 0 Å². The highest BCUT2D eigenvalue weighted by Gasteiger charge is 1.97. The van der Waals surface area contributed by atoms with Gasteiger partial charge < -0.3 is 10.6 Å². The van der Waals surface area contributed by atoms with Crippen LogP contribution in [0, 0.1) is 13.8 Å². The maximum Gasteiger partial charge on any atom is 0.0451 e. The van der Waals surface area contributed by atoms with Crippen molar-refractivity contribution in [3.05, 3.63) is 34.9 Å². The first-order chi connectivity index (χ1) is 6.74. The van der Waals surface area contributed by atoms with Crippen LogP contribution in [0.5, 0.6) is 0 Å². The Labute approximate surface area is 86.7 Å². The van der Waals surface area contributed by atoms with Crippen LogP contribution in [0.2, 0.25) is 0 Å². The van der Waals surface area contributed by atoms with E-state index < -0.39 is 0 Å². The van der Waals surface area contributed by atoms with Crippen molar-refractivity contribution in [3.8, 4) is 0 Å². The molecule has 0 fully saturated rings. The summed E-state index contributed by atoms with van der Waals surface area (Å²) in [5.74, 6) is 0. The van der Waals surface area contributed by atoms with Crippen LogP contribution in [-0.2, 0) is 6.42 Å². The van der Waals surface area contributed by atoms with E-state index in [1.165, 1.54) is 16.7 Å². The normalized spacial score (nSPS) is 10.5. The Morgan fingerprint density at radius 3 is 2.71 bits per heavy atom. The highest BCUT2D eigenvalue weighted by Crippen LogP contribution is 2.10. The number of rotatable bonds is 5. The third-order valence-corrected chi connectivity index (χ3v) is 2.38. The van der Waals surface area contributed by atoms with Crippen molar-refractivity contribution < 1.29 is 0 Å². The highest BCUT2D eigenvalue weighted by molar-refractivity contribution is 5.30. The number of nitrogens with one attached hydrogen (secondary N) is 2. The van der Waals surface area contributed by atoms with E-state index in [9.17, 15) is 0 Å². The molecule has 14 heavy (non-hydrogen) atoms. The molecule has 0 spiro atoms. The summed E-state index contributed by atoms with van der Waals surface area (Å²) < 4.78 is 0. The average molecular weight is 192 g/mol. The van der Waals surface area contributed by atoms with Crippen molar-refractivity contribution in [2.75, 3.05) is 20.3 Å². The van der Waals surface area contributed by atoms with Gasteiger partial charge in [-0.2, -0.15) is 0 Å². The van der Waals surface area contributed by atoms with E-state index in [1.807, 2.05) is 7.05 Å². The highest BCUT2D eigenvalue weighted by atomic mass is 15.0. The summed E-state index contributed by atoms with van der Waals surface area (Å²) in [7, 11) is 1.95. The Morgan fingerprint density at radius 1 is 1.21 bits per heavy atom. The van der Waals surface area contributed by atoms with Gasteiger partial charge in [0, 0.05) is 13.2 Å². The fraction of sp³-hybridized carbons (Fsp3) is 0.500. The summed E-state index contributed by atoms with van der Waals surface area (Å²) >= 11 is 0. The third kappa shape index (κ3) is 3.48. The summed E-state index contributed by atoms with van der Waals surface area (Å²) in [4.78, 5) is 0. The maximum absolute atomic E-state index is 3.32. The molecule has 1 rings (SSSR count). The lowest BCUT2D eigenvalue weighted by Crippen LogP contribution is -2.27. The minimum absolute atomic E-state index is 0.880. The van der Waals surface area contributed by atoms with Gasteiger partial charge in [0.25, 0.3) is 0 Å². The zero-order valence-corrected chi connectivity index (χ0v) is 9.35. The van der Waals surface area contributed by atoms with Gasteiger partial charge in [-0.25, -0.2) is 0 Å². The number of benzene rings is 1. The van der Waals surface area contributed by atoms with Gasteiger partial charge in [-0.05, 0) is 38.4 Å². The SMILES string of the molecule is CNCNCCc1cc(C)ccc1C. The molecular formula is C12H20N2. The molecule has 0 saturated heterocycles. The average Bonchev–Trinajstić information content (AvgIpc) is 2.18. The van der Waals surface area contributed by atoms with E-state index in [0.29, 0.717) is 0 Å². The molecule has 0 unspecified atom stereocenters. The van der Waals surface area contributed by atoms with Crippen molar-refractivity contribution in [1.29, 1.82) is 0 Å². The van der Waals surface area contributed by atoms with Gasteiger partial charge in [0.1, 0.15) is 0 Å². The zero-order chi connectivity index (χ0) is 10.4. The van der Waals surface area contributed by atoms with Crippen LogP contribution < -0.4 is 10.6 Å².